The van der Waals surface area contributed by atoms with E-state index in [1.807, 2.05) is 0 Å². The van der Waals surface area contributed by atoms with Gasteiger partial charge < -0.3 is 4.74 Å². The van der Waals surface area contributed by atoms with E-state index in [0.717, 1.165) is 19.3 Å². The van der Waals surface area contributed by atoms with Gasteiger partial charge in [0.2, 0.25) is 0 Å². The Morgan fingerprint density at radius 3 is 2.75 bits per heavy atom. The van der Waals surface area contributed by atoms with Gasteiger partial charge in [-0.2, -0.15) is 0 Å². The summed E-state index contributed by atoms with van der Waals surface area (Å²) in [7, 11) is 0. The van der Waals surface area contributed by atoms with Crippen molar-refractivity contribution in [1.29, 1.82) is 0 Å². The minimum Gasteiger partial charge on any atom is -0.461 e. The Kier molecular flexibility index (Phi) is 3.08. The second-order valence-electron chi connectivity index (χ2n) is 4.72. The minimum atomic E-state index is -0.702. The highest BCUT2D eigenvalue weighted by Gasteiger charge is 2.47. The average molecular weight is 224 g/mol. The number of ketones is 2. The fourth-order valence-corrected chi connectivity index (χ4v) is 2.72. The lowest BCUT2D eigenvalue weighted by Crippen LogP contribution is -2.29. The Labute approximate surface area is 94.3 Å². The molecule has 1 aliphatic carbocycles. The molecule has 0 aromatic heterocycles. The first kappa shape index (κ1) is 11.3. The van der Waals surface area contributed by atoms with E-state index in [-0.39, 0.29) is 23.6 Å². The van der Waals surface area contributed by atoms with Gasteiger partial charge in [-0.05, 0) is 26.2 Å². The molecule has 1 saturated carbocycles. The zero-order valence-corrected chi connectivity index (χ0v) is 9.40. The third kappa shape index (κ3) is 2.01. The highest BCUT2D eigenvalue weighted by molar-refractivity contribution is 6.00. The Balaban J connectivity index is 2.20. The monoisotopic (exact) mass is 224 g/mol. The summed E-state index contributed by atoms with van der Waals surface area (Å²) >= 11 is 0. The molecule has 3 unspecified atom stereocenters. The van der Waals surface area contributed by atoms with Crippen LogP contribution in [0.1, 0.15) is 39.0 Å². The van der Waals surface area contributed by atoms with Crippen molar-refractivity contribution in [3.63, 3.8) is 0 Å². The van der Waals surface area contributed by atoms with Crippen LogP contribution in [0.4, 0.5) is 0 Å². The molecule has 0 radical (unpaired) electrons. The molecule has 2 rings (SSSR count). The molecule has 88 valence electrons. The van der Waals surface area contributed by atoms with Gasteiger partial charge in [0, 0.05) is 18.8 Å². The van der Waals surface area contributed by atoms with Gasteiger partial charge in [-0.15, -0.1) is 0 Å². The molecular weight excluding hydrogens is 208 g/mol. The van der Waals surface area contributed by atoms with E-state index in [1.54, 1.807) is 0 Å². The minimum absolute atomic E-state index is 0.152. The molecule has 1 aliphatic heterocycles. The molecule has 1 saturated heterocycles. The third-order valence-corrected chi connectivity index (χ3v) is 3.52. The van der Waals surface area contributed by atoms with Gasteiger partial charge in [-0.1, -0.05) is 0 Å². The topological polar surface area (TPSA) is 60.4 Å². The summed E-state index contributed by atoms with van der Waals surface area (Å²) in [6, 6.07) is 0. The lowest BCUT2D eigenvalue weighted by molar-refractivity contribution is -0.146. The van der Waals surface area contributed by atoms with E-state index in [1.165, 1.54) is 6.92 Å². The zero-order chi connectivity index (χ0) is 11.7. The quantitative estimate of drug-likeness (QED) is 0.497. The summed E-state index contributed by atoms with van der Waals surface area (Å²) < 4.78 is 5.21. The molecule has 0 N–H and O–H groups in total. The average Bonchev–Trinajstić information content (AvgIpc) is 2.46. The van der Waals surface area contributed by atoms with Crippen LogP contribution >= 0.6 is 0 Å². The summed E-state index contributed by atoms with van der Waals surface area (Å²) in [6.45, 7) is 1.40. The maximum absolute atomic E-state index is 11.6. The van der Waals surface area contributed by atoms with E-state index in [9.17, 15) is 14.4 Å². The number of hydrogen-bond donors (Lipinski definition) is 0. The number of hydrogen-bond acceptors (Lipinski definition) is 4. The van der Waals surface area contributed by atoms with Gasteiger partial charge in [0.05, 0.1) is 0 Å². The van der Waals surface area contributed by atoms with Crippen molar-refractivity contribution in [2.75, 3.05) is 0 Å². The number of esters is 1. The molecule has 16 heavy (non-hydrogen) atoms. The van der Waals surface area contributed by atoms with Crippen LogP contribution in [0, 0.1) is 11.8 Å². The Morgan fingerprint density at radius 1 is 1.31 bits per heavy atom. The van der Waals surface area contributed by atoms with Crippen molar-refractivity contribution in [3.8, 4) is 0 Å². The summed E-state index contributed by atoms with van der Waals surface area (Å²) in [5.41, 5.74) is 0. The van der Waals surface area contributed by atoms with E-state index in [0.29, 0.717) is 12.8 Å². The lowest BCUT2D eigenvalue weighted by Gasteiger charge is -2.21. The van der Waals surface area contributed by atoms with E-state index in [4.69, 9.17) is 4.74 Å². The van der Waals surface area contributed by atoms with Crippen molar-refractivity contribution in [1.82, 2.24) is 0 Å². The van der Waals surface area contributed by atoms with Crippen molar-refractivity contribution in [3.05, 3.63) is 0 Å². The fourth-order valence-electron chi connectivity index (χ4n) is 2.72. The van der Waals surface area contributed by atoms with E-state index < -0.39 is 11.9 Å². The predicted octanol–water partition coefficient (Wildman–Crippen LogP) is 1.27. The van der Waals surface area contributed by atoms with Crippen molar-refractivity contribution < 1.29 is 19.1 Å². The first-order valence-electron chi connectivity index (χ1n) is 5.82. The smallest absolute Gasteiger partial charge is 0.317 e. The molecular formula is C12H16O4. The van der Waals surface area contributed by atoms with Crippen LogP contribution in [0.3, 0.4) is 0 Å². The number of ether oxygens (including phenoxy) is 1. The zero-order valence-electron chi connectivity index (χ0n) is 9.40. The molecule has 4 heteroatoms. The fraction of sp³-hybridized carbons (Fsp3) is 0.750. The van der Waals surface area contributed by atoms with Crippen LogP contribution in [0.2, 0.25) is 0 Å². The second-order valence-corrected chi connectivity index (χ2v) is 4.72. The van der Waals surface area contributed by atoms with E-state index >= 15 is 0 Å². The van der Waals surface area contributed by atoms with Crippen molar-refractivity contribution in [2.45, 2.75) is 45.1 Å². The van der Waals surface area contributed by atoms with Crippen molar-refractivity contribution >= 4 is 17.5 Å². The third-order valence-electron chi connectivity index (χ3n) is 3.52. The van der Waals surface area contributed by atoms with Crippen LogP contribution in [-0.4, -0.2) is 23.6 Å². The van der Waals surface area contributed by atoms with Crippen LogP contribution in [0.15, 0.2) is 0 Å². The highest BCUT2D eigenvalue weighted by Crippen LogP contribution is 2.36. The molecule has 3 atom stereocenters. The SMILES string of the molecule is CC(=O)C1C(=O)OC2CCCCC(=O)CC21. The number of carbonyl (C=O) groups is 3. The van der Waals surface area contributed by atoms with Gasteiger partial charge in [0.25, 0.3) is 0 Å². The molecule has 0 aromatic rings. The molecule has 0 amide bonds. The number of fused-ring (bicyclic) bond motifs is 1. The molecule has 0 bridgehead atoms. The molecule has 2 aliphatic rings. The van der Waals surface area contributed by atoms with Crippen LogP contribution < -0.4 is 0 Å². The van der Waals surface area contributed by atoms with Gasteiger partial charge in [-0.3, -0.25) is 14.4 Å². The van der Waals surface area contributed by atoms with Gasteiger partial charge in [0.15, 0.2) is 0 Å². The number of Topliss-reactive ketones (excluding diaryl/α,β-unsaturated/α-hetero) is 2. The first-order valence-corrected chi connectivity index (χ1v) is 5.82. The maximum Gasteiger partial charge on any atom is 0.317 e. The normalized spacial score (nSPS) is 34.9. The maximum atomic E-state index is 11.6. The largest absolute Gasteiger partial charge is 0.461 e. The van der Waals surface area contributed by atoms with Crippen LogP contribution in [0.5, 0.6) is 0 Å². The summed E-state index contributed by atoms with van der Waals surface area (Å²) in [6.07, 6.45) is 3.22. The van der Waals surface area contributed by atoms with Crippen molar-refractivity contribution in [2.24, 2.45) is 11.8 Å². The van der Waals surface area contributed by atoms with Gasteiger partial charge >= 0.3 is 5.97 Å². The first-order chi connectivity index (χ1) is 7.59. The molecule has 0 spiro atoms. The standard InChI is InChI=1S/C12H16O4/c1-7(13)11-9-6-8(14)4-2-3-5-10(9)16-12(11)15/h9-11H,2-6H2,1H3. The van der Waals surface area contributed by atoms with Gasteiger partial charge in [0.1, 0.15) is 23.6 Å². The molecule has 4 nitrogen and oxygen atoms in total. The molecule has 0 aromatic carbocycles. The van der Waals surface area contributed by atoms with Crippen LogP contribution in [-0.2, 0) is 19.1 Å². The lowest BCUT2D eigenvalue weighted by atomic mass is 9.80. The number of carbonyl (C=O) groups excluding carboxylic acids is 3. The summed E-state index contributed by atoms with van der Waals surface area (Å²) in [5, 5.41) is 0. The Morgan fingerprint density at radius 2 is 2.06 bits per heavy atom. The second kappa shape index (κ2) is 4.36. The highest BCUT2D eigenvalue weighted by atomic mass is 16.6. The Bertz CT molecular complexity index is 334. The van der Waals surface area contributed by atoms with E-state index in [2.05, 4.69) is 0 Å². The summed E-state index contributed by atoms with van der Waals surface area (Å²) in [4.78, 5) is 34.5. The van der Waals surface area contributed by atoms with Gasteiger partial charge in [-0.25, -0.2) is 0 Å². The summed E-state index contributed by atoms with van der Waals surface area (Å²) in [5.74, 6) is -1.37. The molecule has 2 fully saturated rings. The molecule has 1 heterocycles. The Hall–Kier alpha value is -1.19. The predicted molar refractivity (Wildman–Crippen MR) is 55.6 cm³/mol. The van der Waals surface area contributed by atoms with Crippen LogP contribution in [0.25, 0.3) is 0 Å². The number of rotatable bonds is 1.